The van der Waals surface area contributed by atoms with Crippen LogP contribution in [-0.4, -0.2) is 41.3 Å². The Hall–Kier alpha value is -0.770. The average molecular weight is 282 g/mol. The standard InChI is InChI=1S/C16H30N2O2/c1-2-3-11-17-16(20)18-12-7-6-9-14(18)13-8-4-5-10-15(13)19/h13-15,19H,2-12H2,1H3,(H,17,20). The number of urea groups is 1. The van der Waals surface area contributed by atoms with Crippen molar-refractivity contribution in [3.8, 4) is 0 Å². The van der Waals surface area contributed by atoms with Crippen LogP contribution in [0.4, 0.5) is 4.79 Å². The predicted molar refractivity (Wildman–Crippen MR) is 80.6 cm³/mol. The van der Waals surface area contributed by atoms with Gasteiger partial charge in [-0.25, -0.2) is 4.79 Å². The molecule has 0 aromatic carbocycles. The number of piperidine rings is 1. The minimum atomic E-state index is -0.210. The highest BCUT2D eigenvalue weighted by Gasteiger charge is 2.37. The Bertz CT molecular complexity index is 309. The van der Waals surface area contributed by atoms with Crippen molar-refractivity contribution >= 4 is 6.03 Å². The van der Waals surface area contributed by atoms with Gasteiger partial charge in [-0.3, -0.25) is 0 Å². The molecule has 1 saturated heterocycles. The maximum absolute atomic E-state index is 12.4. The molecule has 0 radical (unpaired) electrons. The first-order valence-corrected chi connectivity index (χ1v) is 8.46. The molecule has 20 heavy (non-hydrogen) atoms. The molecule has 4 heteroatoms. The topological polar surface area (TPSA) is 52.6 Å². The van der Waals surface area contributed by atoms with Gasteiger partial charge in [0.2, 0.25) is 0 Å². The van der Waals surface area contributed by atoms with Crippen LogP contribution in [0.15, 0.2) is 0 Å². The number of rotatable bonds is 4. The fraction of sp³-hybridized carbons (Fsp3) is 0.938. The lowest BCUT2D eigenvalue weighted by Crippen LogP contribution is -2.54. The van der Waals surface area contributed by atoms with Gasteiger partial charge in [0.1, 0.15) is 0 Å². The zero-order chi connectivity index (χ0) is 14.4. The third-order valence-electron chi connectivity index (χ3n) is 4.89. The molecule has 0 aromatic rings. The van der Waals surface area contributed by atoms with Crippen LogP contribution < -0.4 is 5.32 Å². The van der Waals surface area contributed by atoms with Crippen molar-refractivity contribution in [3.05, 3.63) is 0 Å². The summed E-state index contributed by atoms with van der Waals surface area (Å²) in [7, 11) is 0. The van der Waals surface area contributed by atoms with Gasteiger partial charge in [-0.05, 0) is 38.5 Å². The minimum absolute atomic E-state index is 0.0842. The quantitative estimate of drug-likeness (QED) is 0.779. The monoisotopic (exact) mass is 282 g/mol. The van der Waals surface area contributed by atoms with Crippen molar-refractivity contribution in [3.63, 3.8) is 0 Å². The lowest BCUT2D eigenvalue weighted by atomic mass is 9.78. The van der Waals surface area contributed by atoms with Gasteiger partial charge >= 0.3 is 6.03 Å². The van der Waals surface area contributed by atoms with Crippen molar-refractivity contribution < 1.29 is 9.90 Å². The van der Waals surface area contributed by atoms with Crippen LogP contribution >= 0.6 is 0 Å². The highest BCUT2D eigenvalue weighted by atomic mass is 16.3. The van der Waals surface area contributed by atoms with Crippen LogP contribution in [0.3, 0.4) is 0 Å². The molecule has 1 aliphatic heterocycles. The van der Waals surface area contributed by atoms with Crippen LogP contribution in [0, 0.1) is 5.92 Å². The van der Waals surface area contributed by atoms with Gasteiger partial charge in [0.15, 0.2) is 0 Å². The summed E-state index contributed by atoms with van der Waals surface area (Å²) in [5, 5.41) is 13.3. The molecule has 1 saturated carbocycles. The number of nitrogens with one attached hydrogen (secondary N) is 1. The van der Waals surface area contributed by atoms with Crippen molar-refractivity contribution in [2.24, 2.45) is 5.92 Å². The molecule has 0 aromatic heterocycles. The number of amides is 2. The first kappa shape index (κ1) is 15.6. The van der Waals surface area contributed by atoms with E-state index in [1.165, 1.54) is 12.8 Å². The molecule has 2 N–H and O–H groups in total. The van der Waals surface area contributed by atoms with E-state index in [0.717, 1.165) is 58.0 Å². The van der Waals surface area contributed by atoms with E-state index in [9.17, 15) is 9.90 Å². The van der Waals surface area contributed by atoms with E-state index in [1.54, 1.807) is 0 Å². The molecule has 116 valence electrons. The lowest BCUT2D eigenvalue weighted by Gasteiger charge is -2.43. The number of nitrogens with zero attached hydrogens (tertiary/aromatic N) is 1. The molecule has 1 heterocycles. The zero-order valence-corrected chi connectivity index (χ0v) is 12.8. The summed E-state index contributed by atoms with van der Waals surface area (Å²) >= 11 is 0. The number of aliphatic hydroxyl groups is 1. The van der Waals surface area contributed by atoms with Crippen molar-refractivity contribution in [2.75, 3.05) is 13.1 Å². The molecular formula is C16H30N2O2. The SMILES string of the molecule is CCCCNC(=O)N1CCCCC1C1CCCCC1O. The molecule has 0 bridgehead atoms. The maximum Gasteiger partial charge on any atom is 0.317 e. The van der Waals surface area contributed by atoms with Crippen molar-refractivity contribution in [1.82, 2.24) is 10.2 Å². The van der Waals surface area contributed by atoms with E-state index in [4.69, 9.17) is 0 Å². The molecule has 3 unspecified atom stereocenters. The lowest BCUT2D eigenvalue weighted by molar-refractivity contribution is 0.00842. The Kier molecular flexibility index (Phi) is 6.14. The van der Waals surface area contributed by atoms with Crippen molar-refractivity contribution in [1.29, 1.82) is 0 Å². The molecule has 2 fully saturated rings. The van der Waals surface area contributed by atoms with Crippen LogP contribution in [0.5, 0.6) is 0 Å². The zero-order valence-electron chi connectivity index (χ0n) is 12.8. The number of carbonyl (C=O) groups excluding carboxylic acids is 1. The first-order valence-electron chi connectivity index (χ1n) is 8.46. The predicted octanol–water partition coefficient (Wildman–Crippen LogP) is 2.90. The van der Waals surface area contributed by atoms with E-state index in [-0.39, 0.29) is 18.2 Å². The Morgan fingerprint density at radius 1 is 1.20 bits per heavy atom. The number of hydrogen-bond acceptors (Lipinski definition) is 2. The summed E-state index contributed by atoms with van der Waals surface area (Å²) in [6.45, 7) is 3.76. The van der Waals surface area contributed by atoms with Crippen molar-refractivity contribution in [2.45, 2.75) is 76.9 Å². The second-order valence-electron chi connectivity index (χ2n) is 6.36. The fourth-order valence-electron chi connectivity index (χ4n) is 3.72. The molecule has 3 atom stereocenters. The van der Waals surface area contributed by atoms with Gasteiger partial charge in [0.25, 0.3) is 0 Å². The second-order valence-corrected chi connectivity index (χ2v) is 6.36. The summed E-state index contributed by atoms with van der Waals surface area (Å²) < 4.78 is 0. The van der Waals surface area contributed by atoms with Gasteiger partial charge in [-0.15, -0.1) is 0 Å². The summed E-state index contributed by atoms with van der Waals surface area (Å²) in [4.78, 5) is 14.4. The van der Waals surface area contributed by atoms with Gasteiger partial charge in [0.05, 0.1) is 6.10 Å². The first-order chi connectivity index (χ1) is 9.74. The van der Waals surface area contributed by atoms with E-state index >= 15 is 0 Å². The Balaban J connectivity index is 1.95. The number of unbranched alkanes of at least 4 members (excludes halogenated alkanes) is 1. The van der Waals surface area contributed by atoms with Crippen LogP contribution in [0.2, 0.25) is 0 Å². The molecule has 2 rings (SSSR count). The van der Waals surface area contributed by atoms with Gasteiger partial charge in [-0.2, -0.15) is 0 Å². The third kappa shape index (κ3) is 3.87. The number of aliphatic hydroxyl groups excluding tert-OH is 1. The van der Waals surface area contributed by atoms with Gasteiger partial charge in [-0.1, -0.05) is 26.2 Å². The molecule has 2 amide bonds. The number of carbonyl (C=O) groups is 1. The summed E-state index contributed by atoms with van der Waals surface area (Å²) in [5.41, 5.74) is 0. The highest BCUT2D eigenvalue weighted by molar-refractivity contribution is 5.74. The van der Waals surface area contributed by atoms with Gasteiger partial charge < -0.3 is 15.3 Å². The van der Waals surface area contributed by atoms with Crippen LogP contribution in [0.1, 0.15) is 64.7 Å². The summed E-state index contributed by atoms with van der Waals surface area (Å²) in [5.74, 6) is 0.293. The smallest absolute Gasteiger partial charge is 0.317 e. The Labute approximate surface area is 122 Å². The third-order valence-corrected chi connectivity index (χ3v) is 4.89. The highest BCUT2D eigenvalue weighted by Crippen LogP contribution is 2.34. The second kappa shape index (κ2) is 7.87. The molecular weight excluding hydrogens is 252 g/mol. The molecule has 1 aliphatic carbocycles. The number of hydrogen-bond donors (Lipinski definition) is 2. The molecule has 2 aliphatic rings. The Morgan fingerprint density at radius 2 is 1.95 bits per heavy atom. The van der Waals surface area contributed by atoms with Crippen LogP contribution in [0.25, 0.3) is 0 Å². The normalized spacial score (nSPS) is 31.1. The van der Waals surface area contributed by atoms with Crippen LogP contribution in [-0.2, 0) is 0 Å². The molecule has 4 nitrogen and oxygen atoms in total. The van der Waals surface area contributed by atoms with E-state index in [2.05, 4.69) is 12.2 Å². The van der Waals surface area contributed by atoms with E-state index in [0.29, 0.717) is 5.92 Å². The minimum Gasteiger partial charge on any atom is -0.393 e. The average Bonchev–Trinajstić information content (AvgIpc) is 2.48. The number of likely N-dealkylation sites (tertiary alicyclic amines) is 1. The van der Waals surface area contributed by atoms with E-state index in [1.807, 2.05) is 4.90 Å². The summed E-state index contributed by atoms with van der Waals surface area (Å²) in [6.07, 6.45) is 9.59. The van der Waals surface area contributed by atoms with E-state index < -0.39 is 0 Å². The fourth-order valence-corrected chi connectivity index (χ4v) is 3.72. The summed E-state index contributed by atoms with van der Waals surface area (Å²) in [6, 6.07) is 0.335. The Morgan fingerprint density at radius 3 is 2.70 bits per heavy atom. The van der Waals surface area contributed by atoms with Gasteiger partial charge in [0, 0.05) is 25.0 Å². The largest absolute Gasteiger partial charge is 0.393 e. The molecule has 0 spiro atoms. The maximum atomic E-state index is 12.4.